The number of carbonyl (C=O) groups excluding carboxylic acids is 1. The molecule has 2 aliphatic rings. The summed E-state index contributed by atoms with van der Waals surface area (Å²) in [5.74, 6) is 0.953. The van der Waals surface area contributed by atoms with Crippen LogP contribution in [0.25, 0.3) is 0 Å². The zero-order valence-corrected chi connectivity index (χ0v) is 13.8. The molecule has 2 unspecified atom stereocenters. The van der Waals surface area contributed by atoms with Crippen molar-refractivity contribution < 1.29 is 9.53 Å². The lowest BCUT2D eigenvalue weighted by Gasteiger charge is -2.33. The number of esters is 1. The molecule has 2 rings (SSSR count). The van der Waals surface area contributed by atoms with Gasteiger partial charge >= 0.3 is 5.97 Å². The lowest BCUT2D eigenvalue weighted by Crippen LogP contribution is -2.42. The fraction of sp³-hybridized carbons (Fsp3) is 0.941. The molecule has 1 aliphatic heterocycles. The average molecular weight is 296 g/mol. The third kappa shape index (κ3) is 5.26. The van der Waals surface area contributed by atoms with Crippen molar-refractivity contribution in [1.29, 1.82) is 0 Å². The first-order valence-electron chi connectivity index (χ1n) is 8.85. The monoisotopic (exact) mass is 296 g/mol. The molecule has 0 spiro atoms. The van der Waals surface area contributed by atoms with Crippen LogP contribution in [-0.2, 0) is 9.53 Å². The maximum Gasteiger partial charge on any atom is 0.308 e. The van der Waals surface area contributed by atoms with Gasteiger partial charge in [-0.15, -0.1) is 0 Å². The van der Waals surface area contributed by atoms with Crippen molar-refractivity contribution in [3.63, 3.8) is 0 Å². The molecule has 2 fully saturated rings. The first kappa shape index (κ1) is 16.8. The van der Waals surface area contributed by atoms with Crippen molar-refractivity contribution in [1.82, 2.24) is 10.2 Å². The number of hydrogen-bond donors (Lipinski definition) is 1. The number of rotatable bonds is 6. The van der Waals surface area contributed by atoms with E-state index in [0.717, 1.165) is 31.7 Å². The van der Waals surface area contributed by atoms with Gasteiger partial charge in [-0.1, -0.05) is 13.3 Å². The van der Waals surface area contributed by atoms with Gasteiger partial charge < -0.3 is 15.0 Å². The summed E-state index contributed by atoms with van der Waals surface area (Å²) in [7, 11) is 0. The molecule has 0 aromatic heterocycles. The van der Waals surface area contributed by atoms with Crippen LogP contribution < -0.4 is 5.32 Å². The van der Waals surface area contributed by atoms with E-state index in [9.17, 15) is 4.79 Å². The van der Waals surface area contributed by atoms with Crippen LogP contribution in [0.4, 0.5) is 0 Å². The first-order valence-corrected chi connectivity index (χ1v) is 8.85. The van der Waals surface area contributed by atoms with Gasteiger partial charge in [-0.2, -0.15) is 0 Å². The largest absolute Gasteiger partial charge is 0.466 e. The first-order chi connectivity index (χ1) is 10.2. The number of nitrogens with zero attached hydrogens (tertiary/aromatic N) is 1. The van der Waals surface area contributed by atoms with Gasteiger partial charge in [0.05, 0.1) is 12.5 Å². The molecule has 0 aromatic rings. The quantitative estimate of drug-likeness (QED) is 0.764. The van der Waals surface area contributed by atoms with E-state index in [1.54, 1.807) is 0 Å². The summed E-state index contributed by atoms with van der Waals surface area (Å²) in [6.07, 6.45) is 6.96. The Morgan fingerprint density at radius 3 is 2.62 bits per heavy atom. The minimum atomic E-state index is 0.0141. The van der Waals surface area contributed by atoms with Gasteiger partial charge in [0.25, 0.3) is 0 Å². The molecule has 1 N–H and O–H groups in total. The molecular formula is C17H32N2O2. The van der Waals surface area contributed by atoms with Gasteiger partial charge in [0, 0.05) is 6.04 Å². The van der Waals surface area contributed by atoms with Crippen LogP contribution in [0, 0.1) is 11.8 Å². The average Bonchev–Trinajstić information content (AvgIpc) is 2.54. The van der Waals surface area contributed by atoms with E-state index in [4.69, 9.17) is 4.74 Å². The second-order valence-electron chi connectivity index (χ2n) is 6.60. The van der Waals surface area contributed by atoms with E-state index >= 15 is 0 Å². The van der Waals surface area contributed by atoms with Crippen LogP contribution in [0.15, 0.2) is 0 Å². The van der Waals surface area contributed by atoms with Crippen molar-refractivity contribution in [2.75, 3.05) is 32.8 Å². The van der Waals surface area contributed by atoms with Crippen molar-refractivity contribution in [2.45, 2.75) is 58.4 Å². The zero-order chi connectivity index (χ0) is 15.1. The predicted octanol–water partition coefficient (Wildman–Crippen LogP) is 2.43. The highest BCUT2D eigenvalue weighted by Crippen LogP contribution is 2.26. The van der Waals surface area contributed by atoms with E-state index in [1.807, 2.05) is 6.92 Å². The minimum absolute atomic E-state index is 0.0141. The molecule has 4 nitrogen and oxygen atoms in total. The molecule has 0 radical (unpaired) electrons. The Morgan fingerprint density at radius 1 is 1.19 bits per heavy atom. The fourth-order valence-corrected chi connectivity index (χ4v) is 3.69. The SMILES string of the molecule is CCOC(=O)C1CCCC(NCC2CCN(CC)CC2)C1. The van der Waals surface area contributed by atoms with Crippen LogP contribution in [0.3, 0.4) is 0 Å². The molecule has 1 saturated carbocycles. The highest BCUT2D eigenvalue weighted by atomic mass is 16.5. The standard InChI is InChI=1S/C17H32N2O2/c1-3-19-10-8-14(9-11-19)13-18-16-7-5-6-15(12-16)17(20)21-4-2/h14-16,18H,3-13H2,1-2H3. The summed E-state index contributed by atoms with van der Waals surface area (Å²) in [5.41, 5.74) is 0. The summed E-state index contributed by atoms with van der Waals surface area (Å²) >= 11 is 0. The Labute approximate surface area is 129 Å². The van der Waals surface area contributed by atoms with Crippen LogP contribution >= 0.6 is 0 Å². The normalized spacial score (nSPS) is 28.5. The number of piperidine rings is 1. The lowest BCUT2D eigenvalue weighted by molar-refractivity contribution is -0.149. The summed E-state index contributed by atoms with van der Waals surface area (Å²) in [6.45, 7) is 9.44. The number of ether oxygens (including phenoxy) is 1. The number of carbonyl (C=O) groups is 1. The zero-order valence-electron chi connectivity index (χ0n) is 13.8. The Morgan fingerprint density at radius 2 is 1.95 bits per heavy atom. The van der Waals surface area contributed by atoms with Gasteiger partial charge in [0.1, 0.15) is 0 Å². The maximum atomic E-state index is 11.9. The summed E-state index contributed by atoms with van der Waals surface area (Å²) in [5, 5.41) is 3.72. The van der Waals surface area contributed by atoms with E-state index in [-0.39, 0.29) is 11.9 Å². The Kier molecular flexibility index (Phi) is 6.97. The topological polar surface area (TPSA) is 41.6 Å². The second-order valence-corrected chi connectivity index (χ2v) is 6.60. The minimum Gasteiger partial charge on any atom is -0.466 e. The molecule has 4 heteroatoms. The van der Waals surface area contributed by atoms with Crippen LogP contribution in [0.2, 0.25) is 0 Å². The molecule has 0 aromatic carbocycles. The van der Waals surface area contributed by atoms with Gasteiger partial charge in [-0.25, -0.2) is 0 Å². The Balaban J connectivity index is 1.67. The fourth-order valence-electron chi connectivity index (χ4n) is 3.69. The van der Waals surface area contributed by atoms with Gasteiger partial charge in [-0.05, 0) is 71.1 Å². The highest BCUT2D eigenvalue weighted by molar-refractivity contribution is 5.72. The maximum absolute atomic E-state index is 11.9. The number of hydrogen-bond acceptors (Lipinski definition) is 4. The van der Waals surface area contributed by atoms with E-state index in [1.165, 1.54) is 38.9 Å². The van der Waals surface area contributed by atoms with Gasteiger partial charge in [-0.3, -0.25) is 4.79 Å². The molecule has 2 atom stereocenters. The smallest absolute Gasteiger partial charge is 0.308 e. The van der Waals surface area contributed by atoms with Crippen molar-refractivity contribution in [2.24, 2.45) is 11.8 Å². The molecular weight excluding hydrogens is 264 g/mol. The van der Waals surface area contributed by atoms with Crippen molar-refractivity contribution in [3.05, 3.63) is 0 Å². The number of likely N-dealkylation sites (tertiary alicyclic amines) is 1. The summed E-state index contributed by atoms with van der Waals surface area (Å²) in [4.78, 5) is 14.4. The molecule has 0 bridgehead atoms. The Bertz CT molecular complexity index is 314. The van der Waals surface area contributed by atoms with Crippen molar-refractivity contribution in [3.8, 4) is 0 Å². The second kappa shape index (κ2) is 8.74. The van der Waals surface area contributed by atoms with E-state index in [2.05, 4.69) is 17.1 Å². The molecule has 1 aliphatic carbocycles. The molecule has 1 saturated heterocycles. The van der Waals surface area contributed by atoms with Crippen LogP contribution in [0.5, 0.6) is 0 Å². The predicted molar refractivity (Wildman–Crippen MR) is 85.2 cm³/mol. The van der Waals surface area contributed by atoms with Gasteiger partial charge in [0.15, 0.2) is 0 Å². The number of nitrogens with one attached hydrogen (secondary N) is 1. The van der Waals surface area contributed by atoms with Crippen molar-refractivity contribution >= 4 is 5.97 Å². The molecule has 21 heavy (non-hydrogen) atoms. The summed E-state index contributed by atoms with van der Waals surface area (Å²) in [6, 6.07) is 0.511. The third-order valence-corrected chi connectivity index (χ3v) is 5.14. The van der Waals surface area contributed by atoms with Crippen LogP contribution in [-0.4, -0.2) is 49.7 Å². The van der Waals surface area contributed by atoms with E-state index < -0.39 is 0 Å². The van der Waals surface area contributed by atoms with Gasteiger partial charge in [0.2, 0.25) is 0 Å². The lowest BCUT2D eigenvalue weighted by atomic mass is 9.85. The summed E-state index contributed by atoms with van der Waals surface area (Å²) < 4.78 is 5.18. The highest BCUT2D eigenvalue weighted by Gasteiger charge is 2.28. The van der Waals surface area contributed by atoms with Crippen LogP contribution in [0.1, 0.15) is 52.4 Å². The molecule has 0 amide bonds. The third-order valence-electron chi connectivity index (χ3n) is 5.14. The molecule has 122 valence electrons. The molecule has 1 heterocycles. The Hall–Kier alpha value is -0.610. The van der Waals surface area contributed by atoms with E-state index in [0.29, 0.717) is 12.6 Å².